The van der Waals surface area contributed by atoms with E-state index in [1.165, 1.54) is 32.4 Å². The number of nitrogens with two attached hydrogens (primary N) is 1. The number of ether oxygens (including phenoxy) is 3. The van der Waals surface area contributed by atoms with E-state index in [2.05, 4.69) is 4.99 Å². The Morgan fingerprint density at radius 2 is 1.97 bits per heavy atom. The summed E-state index contributed by atoms with van der Waals surface area (Å²) in [5, 5.41) is 21.3. The van der Waals surface area contributed by atoms with Crippen molar-refractivity contribution >= 4 is 28.9 Å². The maximum absolute atomic E-state index is 11.2. The van der Waals surface area contributed by atoms with E-state index in [1.807, 2.05) is 6.19 Å². The summed E-state index contributed by atoms with van der Waals surface area (Å²) in [6, 6.07) is 10.7. The van der Waals surface area contributed by atoms with E-state index in [0.717, 1.165) is 4.90 Å². The third-order valence-electron chi connectivity index (χ3n) is 4.19. The molecule has 0 heterocycles. The van der Waals surface area contributed by atoms with Crippen molar-refractivity contribution in [1.82, 2.24) is 4.90 Å². The number of benzene rings is 2. The van der Waals surface area contributed by atoms with Gasteiger partial charge in [-0.1, -0.05) is 11.6 Å². The number of nitro groups is 1. The quantitative estimate of drug-likeness (QED) is 0.111. The Morgan fingerprint density at radius 1 is 1.29 bits per heavy atom. The summed E-state index contributed by atoms with van der Waals surface area (Å²) in [7, 11) is 3.03. The first-order valence-corrected chi connectivity index (χ1v) is 9.48. The molecule has 0 fully saturated rings. The third-order valence-corrected chi connectivity index (χ3v) is 4.44. The number of guanidine groups is 1. The lowest BCUT2D eigenvalue weighted by molar-refractivity contribution is -0.384. The molecule has 0 saturated carbocycles. The molecule has 0 bridgehead atoms. The molecule has 11 heteroatoms. The molecule has 31 heavy (non-hydrogen) atoms. The second-order valence-electron chi connectivity index (χ2n) is 6.22. The average Bonchev–Trinajstić information content (AvgIpc) is 2.77. The first-order valence-electron chi connectivity index (χ1n) is 9.10. The van der Waals surface area contributed by atoms with E-state index >= 15 is 0 Å². The number of hydrogen-bond donors (Lipinski definition) is 1. The number of aliphatic imine (C=N–C) groups is 1. The Bertz CT molecular complexity index is 957. The molecule has 0 amide bonds. The van der Waals surface area contributed by atoms with Crippen LogP contribution in [-0.2, 0) is 16.0 Å². The molecule has 2 N–H and O–H groups in total. The molecular weight excluding hydrogens is 426 g/mol. The summed E-state index contributed by atoms with van der Waals surface area (Å²) >= 11 is 5.86. The molecule has 0 aliphatic heterocycles. The third kappa shape index (κ3) is 7.11. The molecule has 2 aromatic carbocycles. The lowest BCUT2D eigenvalue weighted by atomic mass is 10.1. The predicted octanol–water partition coefficient (Wildman–Crippen LogP) is 3.57. The van der Waals surface area contributed by atoms with E-state index in [0.29, 0.717) is 28.4 Å². The summed E-state index contributed by atoms with van der Waals surface area (Å²) in [5.74, 6) is 0.289. The molecule has 0 aliphatic rings. The molecule has 0 aromatic heterocycles. The van der Waals surface area contributed by atoms with E-state index in [1.54, 1.807) is 24.3 Å². The summed E-state index contributed by atoms with van der Waals surface area (Å²) in [5.41, 5.74) is 6.75. The SMILES string of the molecule is COC(CCOc1ccc([N+](=O)[O-])cc1CN(C#N)C(N)=Nc1ccc(Cl)cc1)OC. The van der Waals surface area contributed by atoms with Crippen molar-refractivity contribution in [3.63, 3.8) is 0 Å². The molecular formula is C20H22ClN5O5. The van der Waals surface area contributed by atoms with Gasteiger partial charge in [-0.25, -0.2) is 9.89 Å². The van der Waals surface area contributed by atoms with Crippen LogP contribution in [0.15, 0.2) is 47.5 Å². The van der Waals surface area contributed by atoms with Crippen LogP contribution in [0.1, 0.15) is 12.0 Å². The fourth-order valence-corrected chi connectivity index (χ4v) is 2.71. The van der Waals surface area contributed by atoms with Gasteiger partial charge in [0.15, 0.2) is 12.5 Å². The fraction of sp³-hybridized carbons (Fsp3) is 0.300. The van der Waals surface area contributed by atoms with Crippen molar-refractivity contribution in [2.24, 2.45) is 10.7 Å². The minimum absolute atomic E-state index is 0.0750. The number of methoxy groups -OCH3 is 2. The van der Waals surface area contributed by atoms with Gasteiger partial charge in [0.25, 0.3) is 5.69 Å². The van der Waals surface area contributed by atoms with Gasteiger partial charge >= 0.3 is 0 Å². The lowest BCUT2D eigenvalue weighted by Gasteiger charge is -2.18. The van der Waals surface area contributed by atoms with Crippen LogP contribution in [0.4, 0.5) is 11.4 Å². The Kier molecular flexibility index (Phi) is 9.02. The average molecular weight is 448 g/mol. The highest BCUT2D eigenvalue weighted by Gasteiger charge is 2.17. The van der Waals surface area contributed by atoms with Crippen LogP contribution in [0.5, 0.6) is 5.75 Å². The van der Waals surface area contributed by atoms with E-state index in [4.69, 9.17) is 31.5 Å². The van der Waals surface area contributed by atoms with Crippen LogP contribution in [-0.4, -0.2) is 42.9 Å². The standard InChI is InChI=1S/C20H22ClN5O5/c1-29-19(30-2)9-10-31-18-8-7-17(26(27)28)11-14(18)12-25(13-22)20(23)24-16-5-3-15(21)4-6-16/h3-8,11,19H,9-10,12H2,1-2H3,(H2,23,24). The molecule has 0 saturated heterocycles. The molecule has 164 valence electrons. The van der Waals surface area contributed by atoms with Crippen LogP contribution < -0.4 is 10.5 Å². The van der Waals surface area contributed by atoms with Gasteiger partial charge in [0.2, 0.25) is 5.96 Å². The van der Waals surface area contributed by atoms with Gasteiger partial charge in [0, 0.05) is 43.4 Å². The van der Waals surface area contributed by atoms with Gasteiger partial charge in [0.05, 0.1) is 23.8 Å². The summed E-state index contributed by atoms with van der Waals surface area (Å²) in [4.78, 5) is 16.0. The number of hydrogen-bond acceptors (Lipinski definition) is 7. The highest BCUT2D eigenvalue weighted by molar-refractivity contribution is 6.30. The Hall–Kier alpha value is -3.39. The molecule has 10 nitrogen and oxygen atoms in total. The number of nitro benzene ring substituents is 1. The predicted molar refractivity (Wildman–Crippen MR) is 115 cm³/mol. The maximum Gasteiger partial charge on any atom is 0.270 e. The Morgan fingerprint density at radius 3 is 2.55 bits per heavy atom. The van der Waals surface area contributed by atoms with E-state index < -0.39 is 11.2 Å². The van der Waals surface area contributed by atoms with Crippen molar-refractivity contribution in [2.45, 2.75) is 19.3 Å². The van der Waals surface area contributed by atoms with Crippen LogP contribution in [0.2, 0.25) is 5.02 Å². The van der Waals surface area contributed by atoms with Crippen LogP contribution in [0, 0.1) is 21.6 Å². The molecule has 0 aliphatic carbocycles. The molecule has 0 atom stereocenters. The van der Waals surface area contributed by atoms with Crippen LogP contribution >= 0.6 is 11.6 Å². The smallest absolute Gasteiger partial charge is 0.270 e. The number of nitriles is 1. The first kappa shape index (κ1) is 23.9. The zero-order valence-electron chi connectivity index (χ0n) is 17.0. The zero-order valence-corrected chi connectivity index (χ0v) is 17.8. The normalized spacial score (nSPS) is 11.3. The van der Waals surface area contributed by atoms with E-state index in [9.17, 15) is 15.4 Å². The molecule has 0 unspecified atom stereocenters. The Labute approximate surface area is 184 Å². The summed E-state index contributed by atoms with van der Waals surface area (Å²) in [6.45, 7) is 0.159. The van der Waals surface area contributed by atoms with Gasteiger partial charge in [-0.2, -0.15) is 5.26 Å². The second kappa shape index (κ2) is 11.7. The van der Waals surface area contributed by atoms with E-state index in [-0.39, 0.29) is 24.8 Å². The van der Waals surface area contributed by atoms with Gasteiger partial charge in [-0.15, -0.1) is 0 Å². The monoisotopic (exact) mass is 447 g/mol. The Balaban J connectivity index is 2.24. The summed E-state index contributed by atoms with van der Waals surface area (Å²) < 4.78 is 16.0. The number of nitrogens with zero attached hydrogens (tertiary/aromatic N) is 4. The summed E-state index contributed by atoms with van der Waals surface area (Å²) in [6.07, 6.45) is 1.93. The van der Waals surface area contributed by atoms with Gasteiger partial charge in [-0.3, -0.25) is 10.1 Å². The van der Waals surface area contributed by atoms with Gasteiger partial charge < -0.3 is 19.9 Å². The van der Waals surface area contributed by atoms with Crippen LogP contribution in [0.3, 0.4) is 0 Å². The van der Waals surface area contributed by atoms with Crippen molar-refractivity contribution in [1.29, 1.82) is 5.26 Å². The lowest BCUT2D eigenvalue weighted by Crippen LogP contribution is -2.33. The van der Waals surface area contributed by atoms with Crippen molar-refractivity contribution in [3.8, 4) is 11.9 Å². The van der Waals surface area contributed by atoms with Crippen molar-refractivity contribution in [2.75, 3.05) is 20.8 Å². The minimum atomic E-state index is -0.527. The largest absolute Gasteiger partial charge is 0.493 e. The highest BCUT2D eigenvalue weighted by atomic mass is 35.5. The zero-order chi connectivity index (χ0) is 22.8. The van der Waals surface area contributed by atoms with Gasteiger partial charge in [0.1, 0.15) is 5.75 Å². The van der Waals surface area contributed by atoms with Crippen LogP contribution in [0.25, 0.3) is 0 Å². The minimum Gasteiger partial charge on any atom is -0.493 e. The number of rotatable bonds is 10. The highest BCUT2D eigenvalue weighted by Crippen LogP contribution is 2.26. The number of non-ortho nitro benzene ring substituents is 1. The molecule has 2 rings (SSSR count). The maximum atomic E-state index is 11.2. The second-order valence-corrected chi connectivity index (χ2v) is 6.66. The molecule has 0 spiro atoms. The van der Waals surface area contributed by atoms with Gasteiger partial charge in [-0.05, 0) is 30.3 Å². The first-order chi connectivity index (χ1) is 14.9. The van der Waals surface area contributed by atoms with Crippen molar-refractivity contribution in [3.05, 3.63) is 63.2 Å². The molecule has 2 aromatic rings. The van der Waals surface area contributed by atoms with Crippen molar-refractivity contribution < 1.29 is 19.1 Å². The topological polar surface area (TPSA) is 136 Å². The molecule has 0 radical (unpaired) electrons. The fourth-order valence-electron chi connectivity index (χ4n) is 2.59. The number of halogens is 1.